The van der Waals surface area contributed by atoms with E-state index in [1.54, 1.807) is 23.2 Å². The van der Waals surface area contributed by atoms with Crippen LogP contribution in [0.25, 0.3) is 11.5 Å². The van der Waals surface area contributed by atoms with E-state index < -0.39 is 0 Å². The predicted octanol–water partition coefficient (Wildman–Crippen LogP) is 1.89. The van der Waals surface area contributed by atoms with Gasteiger partial charge in [0.2, 0.25) is 5.56 Å². The van der Waals surface area contributed by atoms with Crippen molar-refractivity contribution in [2.24, 2.45) is 7.05 Å². The number of nitrogens with one attached hydrogen (secondary N) is 1. The van der Waals surface area contributed by atoms with Crippen molar-refractivity contribution >= 4 is 5.91 Å². The number of amides is 1. The topological polar surface area (TPSA) is 96.8 Å². The summed E-state index contributed by atoms with van der Waals surface area (Å²) in [5.41, 5.74) is 1.69. The number of hydrogen-bond donors (Lipinski definition) is 1. The number of carbonyl (C=O) groups excluding carboxylic acids is 1. The van der Waals surface area contributed by atoms with Gasteiger partial charge in [-0.3, -0.25) is 9.59 Å². The molecule has 8 nitrogen and oxygen atoms in total. The molecule has 0 bridgehead atoms. The molecule has 4 heterocycles. The first-order valence-electron chi connectivity index (χ1n) is 9.33. The molecule has 1 atom stereocenters. The van der Waals surface area contributed by atoms with E-state index in [1.165, 1.54) is 6.07 Å². The number of likely N-dealkylation sites (tertiary alicyclic amines) is 1. The first kappa shape index (κ1) is 18.1. The number of carbonyl (C=O) groups is 1. The van der Waals surface area contributed by atoms with Gasteiger partial charge in [-0.25, -0.2) is 15.0 Å². The minimum Gasteiger partial charge on any atom is -0.337 e. The predicted molar refractivity (Wildman–Crippen MR) is 104 cm³/mol. The number of piperidine rings is 1. The van der Waals surface area contributed by atoms with Gasteiger partial charge in [0.05, 0.1) is 0 Å². The van der Waals surface area contributed by atoms with Crippen molar-refractivity contribution in [3.8, 4) is 11.5 Å². The van der Waals surface area contributed by atoms with Gasteiger partial charge < -0.3 is 14.5 Å². The lowest BCUT2D eigenvalue weighted by Gasteiger charge is -2.32. The van der Waals surface area contributed by atoms with Crippen LogP contribution in [-0.2, 0) is 7.05 Å². The van der Waals surface area contributed by atoms with Crippen LogP contribution in [0.5, 0.6) is 0 Å². The summed E-state index contributed by atoms with van der Waals surface area (Å²) in [6.07, 6.45) is 5.41. The second-order valence-corrected chi connectivity index (χ2v) is 7.13. The summed E-state index contributed by atoms with van der Waals surface area (Å²) in [5.74, 6) is 1.40. The molecule has 28 heavy (non-hydrogen) atoms. The van der Waals surface area contributed by atoms with Gasteiger partial charge in [-0.1, -0.05) is 6.07 Å². The molecule has 1 N–H and O–H groups in total. The van der Waals surface area contributed by atoms with E-state index in [4.69, 9.17) is 4.98 Å². The fourth-order valence-corrected chi connectivity index (χ4v) is 3.62. The minimum atomic E-state index is -0.277. The second kappa shape index (κ2) is 7.38. The molecular weight excluding hydrogens is 356 g/mol. The average Bonchev–Trinajstić information content (AvgIpc) is 3.13. The van der Waals surface area contributed by atoms with E-state index in [0.29, 0.717) is 18.8 Å². The van der Waals surface area contributed by atoms with Gasteiger partial charge in [-0.05, 0) is 31.9 Å². The lowest BCUT2D eigenvalue weighted by atomic mass is 9.96. The number of aromatic nitrogens is 5. The van der Waals surface area contributed by atoms with E-state index in [1.807, 2.05) is 30.8 Å². The number of rotatable bonds is 3. The molecule has 0 unspecified atom stereocenters. The summed E-state index contributed by atoms with van der Waals surface area (Å²) in [7, 11) is 1.93. The van der Waals surface area contributed by atoms with Crippen LogP contribution in [-0.4, -0.2) is 48.4 Å². The Morgan fingerprint density at radius 3 is 2.89 bits per heavy atom. The van der Waals surface area contributed by atoms with Crippen molar-refractivity contribution in [1.29, 1.82) is 0 Å². The molecule has 3 aromatic rings. The molecule has 0 spiro atoms. The molecule has 3 aromatic heterocycles. The number of hydrogen-bond acceptors (Lipinski definition) is 5. The van der Waals surface area contributed by atoms with Crippen LogP contribution in [0.1, 0.15) is 40.8 Å². The minimum absolute atomic E-state index is 0.0482. The zero-order valence-corrected chi connectivity index (χ0v) is 15.9. The van der Waals surface area contributed by atoms with Crippen LogP contribution in [0, 0.1) is 6.92 Å². The Labute approximate surface area is 162 Å². The summed E-state index contributed by atoms with van der Waals surface area (Å²) in [6.45, 7) is 3.13. The molecule has 1 amide bonds. The highest BCUT2D eigenvalue weighted by Crippen LogP contribution is 2.27. The lowest BCUT2D eigenvalue weighted by molar-refractivity contribution is 0.0698. The van der Waals surface area contributed by atoms with Gasteiger partial charge in [-0.2, -0.15) is 0 Å². The lowest BCUT2D eigenvalue weighted by Crippen LogP contribution is -2.40. The smallest absolute Gasteiger partial charge is 0.270 e. The quantitative estimate of drug-likeness (QED) is 0.751. The third-order valence-corrected chi connectivity index (χ3v) is 4.99. The largest absolute Gasteiger partial charge is 0.337 e. The van der Waals surface area contributed by atoms with E-state index in [9.17, 15) is 9.59 Å². The zero-order valence-electron chi connectivity index (χ0n) is 15.9. The van der Waals surface area contributed by atoms with E-state index in [0.717, 1.165) is 35.9 Å². The number of imidazole rings is 1. The van der Waals surface area contributed by atoms with Crippen LogP contribution < -0.4 is 5.56 Å². The Bertz CT molecular complexity index is 1070. The Balaban J connectivity index is 1.60. The average molecular weight is 378 g/mol. The van der Waals surface area contributed by atoms with Gasteiger partial charge in [0.25, 0.3) is 5.91 Å². The molecule has 4 rings (SSSR count). The van der Waals surface area contributed by atoms with Crippen molar-refractivity contribution < 1.29 is 4.79 Å². The van der Waals surface area contributed by atoms with Gasteiger partial charge in [0.1, 0.15) is 17.2 Å². The zero-order chi connectivity index (χ0) is 19.7. The Hall–Kier alpha value is -3.29. The third-order valence-electron chi connectivity index (χ3n) is 4.99. The van der Waals surface area contributed by atoms with Gasteiger partial charge in [0, 0.05) is 50.2 Å². The highest BCUT2D eigenvalue weighted by Gasteiger charge is 2.28. The summed E-state index contributed by atoms with van der Waals surface area (Å²) in [4.78, 5) is 42.5. The summed E-state index contributed by atoms with van der Waals surface area (Å²) in [6, 6.07) is 6.55. The maximum absolute atomic E-state index is 12.8. The number of aryl methyl sites for hydroxylation is 2. The maximum atomic E-state index is 12.8. The van der Waals surface area contributed by atoms with Gasteiger partial charge in [-0.15, -0.1) is 0 Å². The van der Waals surface area contributed by atoms with Crippen molar-refractivity contribution in [3.05, 3.63) is 64.2 Å². The SMILES string of the molecule is Cc1cc(-c2nccn2C)nc([C@@H]2CCCN(C(=O)c3cccc(=O)[nH]3)C2)n1. The standard InChI is InChI=1S/C20H22N6O2/c1-13-11-16(19-21-8-10-25(19)2)24-18(22-13)14-5-4-9-26(12-14)20(28)15-6-3-7-17(27)23-15/h3,6-8,10-11,14H,4-5,9,12H2,1-2H3,(H,23,27)/t14-/m1/s1. The molecule has 1 fully saturated rings. The second-order valence-electron chi connectivity index (χ2n) is 7.13. The van der Waals surface area contributed by atoms with E-state index in [-0.39, 0.29) is 17.4 Å². The molecular formula is C20H22N6O2. The molecule has 144 valence electrons. The molecule has 1 aliphatic rings. The van der Waals surface area contributed by atoms with Gasteiger partial charge >= 0.3 is 0 Å². The van der Waals surface area contributed by atoms with Crippen LogP contribution in [0.4, 0.5) is 0 Å². The first-order chi connectivity index (χ1) is 13.5. The number of nitrogens with zero attached hydrogens (tertiary/aromatic N) is 5. The molecule has 1 saturated heterocycles. The van der Waals surface area contributed by atoms with Crippen LogP contribution in [0.2, 0.25) is 0 Å². The van der Waals surface area contributed by atoms with Crippen LogP contribution in [0.15, 0.2) is 41.5 Å². The summed E-state index contributed by atoms with van der Waals surface area (Å²) in [5, 5.41) is 0. The molecule has 0 aromatic carbocycles. The number of H-pyrrole nitrogens is 1. The molecule has 8 heteroatoms. The molecule has 0 saturated carbocycles. The Kier molecular flexibility index (Phi) is 4.77. The van der Waals surface area contributed by atoms with E-state index in [2.05, 4.69) is 15.0 Å². The Morgan fingerprint density at radius 1 is 1.29 bits per heavy atom. The van der Waals surface area contributed by atoms with Gasteiger partial charge in [0.15, 0.2) is 5.82 Å². The summed E-state index contributed by atoms with van der Waals surface area (Å²) >= 11 is 0. The van der Waals surface area contributed by atoms with Crippen molar-refractivity contribution in [3.63, 3.8) is 0 Å². The van der Waals surface area contributed by atoms with Crippen LogP contribution in [0.3, 0.4) is 0 Å². The maximum Gasteiger partial charge on any atom is 0.270 e. The molecule has 0 aliphatic carbocycles. The van der Waals surface area contributed by atoms with Crippen molar-refractivity contribution in [1.82, 2.24) is 29.4 Å². The molecule has 1 aliphatic heterocycles. The van der Waals surface area contributed by atoms with Crippen molar-refractivity contribution in [2.75, 3.05) is 13.1 Å². The van der Waals surface area contributed by atoms with E-state index >= 15 is 0 Å². The number of aromatic amines is 1. The van der Waals surface area contributed by atoms with Crippen LogP contribution >= 0.6 is 0 Å². The monoisotopic (exact) mass is 378 g/mol. The summed E-state index contributed by atoms with van der Waals surface area (Å²) < 4.78 is 1.92. The normalized spacial score (nSPS) is 16.9. The first-order valence-corrected chi connectivity index (χ1v) is 9.33. The fourth-order valence-electron chi connectivity index (χ4n) is 3.62. The third kappa shape index (κ3) is 3.58. The molecule has 0 radical (unpaired) electrons. The van der Waals surface area contributed by atoms with Crippen molar-refractivity contribution in [2.45, 2.75) is 25.7 Å². The highest BCUT2D eigenvalue weighted by atomic mass is 16.2. The number of pyridine rings is 1. The fraction of sp³-hybridized carbons (Fsp3) is 0.350. The highest BCUT2D eigenvalue weighted by molar-refractivity contribution is 5.92. The Morgan fingerprint density at radius 2 is 2.14 bits per heavy atom.